The molecule has 2 aromatic rings. The molecule has 5 nitrogen and oxygen atoms in total. The first-order valence-corrected chi connectivity index (χ1v) is 5.05. The lowest BCUT2D eigenvalue weighted by molar-refractivity contribution is 0.515. The van der Waals surface area contributed by atoms with Gasteiger partial charge in [0.05, 0.1) is 5.69 Å². The van der Waals surface area contributed by atoms with Crippen molar-refractivity contribution < 1.29 is 0 Å². The molecule has 0 radical (unpaired) electrons. The van der Waals surface area contributed by atoms with Gasteiger partial charge in [0.25, 0.3) is 0 Å². The summed E-state index contributed by atoms with van der Waals surface area (Å²) in [7, 11) is 1.95. The Balaban J connectivity index is 2.46. The predicted molar refractivity (Wildman–Crippen MR) is 57.7 cm³/mol. The molecule has 0 saturated heterocycles. The number of nitrogens with one attached hydrogen (secondary N) is 1. The molecule has 0 saturated carbocycles. The normalized spacial score (nSPS) is 15.4. The van der Waals surface area contributed by atoms with Crippen LogP contribution in [0.1, 0.15) is 25.5 Å². The third-order valence-electron chi connectivity index (χ3n) is 2.88. The maximum atomic E-state index is 4.38. The van der Waals surface area contributed by atoms with Gasteiger partial charge in [-0.15, -0.1) is 10.2 Å². The molecule has 5 heteroatoms. The van der Waals surface area contributed by atoms with Crippen LogP contribution in [0.2, 0.25) is 0 Å². The standard InChI is InChI=1S/C10H15N5/c1-7(8(2)11-3)9-10-14-13-6-15(10)5-4-12-9/h4-8,11H,1-3H3. The molecule has 0 amide bonds. The van der Waals surface area contributed by atoms with Crippen LogP contribution in [0.25, 0.3) is 5.65 Å². The predicted octanol–water partition coefficient (Wildman–Crippen LogP) is 0.836. The highest BCUT2D eigenvalue weighted by molar-refractivity contribution is 5.44. The summed E-state index contributed by atoms with van der Waals surface area (Å²) in [5.41, 5.74) is 1.82. The highest BCUT2D eigenvalue weighted by atomic mass is 15.2. The van der Waals surface area contributed by atoms with Crippen molar-refractivity contribution in [3.63, 3.8) is 0 Å². The first-order chi connectivity index (χ1) is 7.24. The molecule has 2 heterocycles. The summed E-state index contributed by atoms with van der Waals surface area (Å²) in [5, 5.41) is 11.2. The number of likely N-dealkylation sites (N-methyl/N-ethyl adjacent to an activating group) is 1. The summed E-state index contributed by atoms with van der Waals surface area (Å²) in [6.07, 6.45) is 5.33. The summed E-state index contributed by atoms with van der Waals surface area (Å²) < 4.78 is 1.89. The molecular formula is C10H15N5. The number of aromatic nitrogens is 4. The number of nitrogens with zero attached hydrogens (tertiary/aromatic N) is 4. The number of fused-ring (bicyclic) bond motifs is 1. The molecule has 0 aliphatic heterocycles. The van der Waals surface area contributed by atoms with Crippen LogP contribution in [-0.2, 0) is 0 Å². The molecule has 2 unspecified atom stereocenters. The minimum atomic E-state index is 0.308. The quantitative estimate of drug-likeness (QED) is 0.806. The Hall–Kier alpha value is -1.49. The molecule has 0 aliphatic carbocycles. The zero-order valence-corrected chi connectivity index (χ0v) is 9.18. The van der Waals surface area contributed by atoms with Gasteiger partial charge in [-0.05, 0) is 14.0 Å². The fourth-order valence-corrected chi connectivity index (χ4v) is 1.59. The van der Waals surface area contributed by atoms with Crippen LogP contribution >= 0.6 is 0 Å². The summed E-state index contributed by atoms with van der Waals surface area (Å²) >= 11 is 0. The second-order valence-electron chi connectivity index (χ2n) is 3.74. The van der Waals surface area contributed by atoms with Crippen molar-refractivity contribution in [2.24, 2.45) is 0 Å². The Morgan fingerprint density at radius 1 is 1.40 bits per heavy atom. The van der Waals surface area contributed by atoms with Crippen LogP contribution in [0.5, 0.6) is 0 Å². The van der Waals surface area contributed by atoms with Crippen LogP contribution in [-0.4, -0.2) is 32.7 Å². The smallest absolute Gasteiger partial charge is 0.182 e. The second kappa shape index (κ2) is 3.94. The summed E-state index contributed by atoms with van der Waals surface area (Å²) in [5.74, 6) is 0.308. The van der Waals surface area contributed by atoms with E-state index in [0.29, 0.717) is 12.0 Å². The molecule has 0 bridgehead atoms. The van der Waals surface area contributed by atoms with Gasteiger partial charge in [-0.2, -0.15) is 0 Å². The fraction of sp³-hybridized carbons (Fsp3) is 0.500. The third-order valence-corrected chi connectivity index (χ3v) is 2.88. The van der Waals surface area contributed by atoms with Crippen LogP contribution in [0.4, 0.5) is 0 Å². The molecule has 2 aromatic heterocycles. The summed E-state index contributed by atoms with van der Waals surface area (Å²) in [6.45, 7) is 4.27. The molecule has 1 N–H and O–H groups in total. The monoisotopic (exact) mass is 205 g/mol. The Bertz CT molecular complexity index is 450. The molecule has 0 aliphatic rings. The molecule has 0 spiro atoms. The van der Waals surface area contributed by atoms with Gasteiger partial charge in [-0.25, -0.2) is 0 Å². The van der Waals surface area contributed by atoms with Crippen molar-refractivity contribution >= 4 is 5.65 Å². The Labute approximate surface area is 88.6 Å². The maximum absolute atomic E-state index is 4.38. The maximum Gasteiger partial charge on any atom is 0.182 e. The van der Waals surface area contributed by atoms with E-state index in [1.54, 1.807) is 12.5 Å². The van der Waals surface area contributed by atoms with E-state index in [2.05, 4.69) is 34.3 Å². The molecule has 15 heavy (non-hydrogen) atoms. The first kappa shape index (κ1) is 10.0. The van der Waals surface area contributed by atoms with Gasteiger partial charge in [0, 0.05) is 24.4 Å². The minimum absolute atomic E-state index is 0.308. The zero-order chi connectivity index (χ0) is 10.8. The highest BCUT2D eigenvalue weighted by Crippen LogP contribution is 2.19. The van der Waals surface area contributed by atoms with E-state index in [-0.39, 0.29) is 0 Å². The van der Waals surface area contributed by atoms with E-state index in [4.69, 9.17) is 0 Å². The molecule has 0 fully saturated rings. The van der Waals surface area contributed by atoms with E-state index in [1.807, 2.05) is 17.6 Å². The van der Waals surface area contributed by atoms with Crippen molar-refractivity contribution in [3.8, 4) is 0 Å². The van der Waals surface area contributed by atoms with Gasteiger partial charge in [0.1, 0.15) is 6.33 Å². The van der Waals surface area contributed by atoms with Crippen LogP contribution < -0.4 is 5.32 Å². The Morgan fingerprint density at radius 2 is 2.20 bits per heavy atom. The third kappa shape index (κ3) is 1.70. The van der Waals surface area contributed by atoms with Gasteiger partial charge in [-0.3, -0.25) is 9.38 Å². The topological polar surface area (TPSA) is 55.1 Å². The van der Waals surface area contributed by atoms with Crippen molar-refractivity contribution in [3.05, 3.63) is 24.4 Å². The van der Waals surface area contributed by atoms with Gasteiger partial charge < -0.3 is 5.32 Å². The van der Waals surface area contributed by atoms with Crippen molar-refractivity contribution in [2.75, 3.05) is 7.05 Å². The summed E-state index contributed by atoms with van der Waals surface area (Å²) in [6, 6.07) is 0.361. The van der Waals surface area contributed by atoms with Crippen molar-refractivity contribution in [1.29, 1.82) is 0 Å². The minimum Gasteiger partial charge on any atom is -0.317 e. The van der Waals surface area contributed by atoms with Gasteiger partial charge >= 0.3 is 0 Å². The van der Waals surface area contributed by atoms with E-state index >= 15 is 0 Å². The van der Waals surface area contributed by atoms with Gasteiger partial charge in [-0.1, -0.05) is 6.92 Å². The number of hydrogen-bond donors (Lipinski definition) is 1. The average molecular weight is 205 g/mol. The number of hydrogen-bond acceptors (Lipinski definition) is 4. The van der Waals surface area contributed by atoms with E-state index in [9.17, 15) is 0 Å². The first-order valence-electron chi connectivity index (χ1n) is 5.05. The molecule has 2 rings (SSSR count). The SMILES string of the molecule is CNC(C)C(C)c1nccn2cnnc12. The molecule has 0 aromatic carbocycles. The van der Waals surface area contributed by atoms with Crippen LogP contribution in [0.15, 0.2) is 18.7 Å². The van der Waals surface area contributed by atoms with E-state index in [0.717, 1.165) is 11.3 Å². The fourth-order valence-electron chi connectivity index (χ4n) is 1.59. The number of rotatable bonds is 3. The van der Waals surface area contributed by atoms with Gasteiger partial charge in [0.2, 0.25) is 0 Å². The lowest BCUT2D eigenvalue weighted by Crippen LogP contribution is -2.28. The van der Waals surface area contributed by atoms with Gasteiger partial charge in [0.15, 0.2) is 5.65 Å². The highest BCUT2D eigenvalue weighted by Gasteiger charge is 2.17. The Morgan fingerprint density at radius 3 is 2.93 bits per heavy atom. The van der Waals surface area contributed by atoms with Crippen LogP contribution in [0, 0.1) is 0 Å². The average Bonchev–Trinajstić information content (AvgIpc) is 2.74. The van der Waals surface area contributed by atoms with Crippen LogP contribution in [0.3, 0.4) is 0 Å². The largest absolute Gasteiger partial charge is 0.317 e. The zero-order valence-electron chi connectivity index (χ0n) is 9.18. The Kier molecular flexibility index (Phi) is 2.64. The second-order valence-corrected chi connectivity index (χ2v) is 3.74. The van der Waals surface area contributed by atoms with E-state index < -0.39 is 0 Å². The summed E-state index contributed by atoms with van der Waals surface area (Å²) in [4.78, 5) is 4.38. The van der Waals surface area contributed by atoms with E-state index in [1.165, 1.54) is 0 Å². The lowest BCUT2D eigenvalue weighted by atomic mass is 10.00. The van der Waals surface area contributed by atoms with Crippen molar-refractivity contribution in [1.82, 2.24) is 24.9 Å². The lowest BCUT2D eigenvalue weighted by Gasteiger charge is -2.18. The molecule has 80 valence electrons. The molecule has 2 atom stereocenters. The van der Waals surface area contributed by atoms with Crippen molar-refractivity contribution in [2.45, 2.75) is 25.8 Å². The molecular weight excluding hydrogens is 190 g/mol.